The Balaban J connectivity index is 1.91. The fourth-order valence-electron chi connectivity index (χ4n) is 2.49. The third-order valence-corrected chi connectivity index (χ3v) is 3.52. The molecule has 0 aliphatic carbocycles. The van der Waals surface area contributed by atoms with E-state index in [1.165, 1.54) is 0 Å². The molecule has 3 rings (SSSR count). The number of fused-ring (bicyclic) bond motifs is 1. The lowest BCUT2D eigenvalue weighted by atomic mass is 10.2. The summed E-state index contributed by atoms with van der Waals surface area (Å²) in [6.45, 7) is 4.30. The maximum absolute atomic E-state index is 12.7. The van der Waals surface area contributed by atoms with Gasteiger partial charge in [0.25, 0.3) is 5.91 Å². The summed E-state index contributed by atoms with van der Waals surface area (Å²) in [4.78, 5) is 18.7. The van der Waals surface area contributed by atoms with Gasteiger partial charge < -0.3 is 4.90 Å². The lowest BCUT2D eigenvalue weighted by Gasteiger charge is -2.15. The molecule has 3 aromatic rings. The van der Waals surface area contributed by atoms with Gasteiger partial charge in [-0.2, -0.15) is 10.2 Å². The van der Waals surface area contributed by atoms with Crippen LogP contribution < -0.4 is 0 Å². The molecule has 3 heterocycles. The second-order valence-electron chi connectivity index (χ2n) is 5.47. The van der Waals surface area contributed by atoms with Crippen molar-refractivity contribution in [2.75, 3.05) is 7.05 Å². The summed E-state index contributed by atoms with van der Waals surface area (Å²) in [6.07, 6.45) is 3.43. The maximum atomic E-state index is 12.7. The standard InChI is InChI=1S/C15H18N6O/c1-10-7-11(2)21-14(17-10)13(8-16-21)15(22)19(3)9-12-5-6-20(4)18-12/h5-8H,9H2,1-4H3. The minimum absolute atomic E-state index is 0.113. The van der Waals surface area contributed by atoms with Crippen molar-refractivity contribution < 1.29 is 4.79 Å². The third kappa shape index (κ3) is 2.45. The number of rotatable bonds is 3. The van der Waals surface area contributed by atoms with Gasteiger partial charge in [0.15, 0.2) is 5.65 Å². The van der Waals surface area contributed by atoms with E-state index in [0.29, 0.717) is 17.8 Å². The third-order valence-electron chi connectivity index (χ3n) is 3.52. The van der Waals surface area contributed by atoms with Crippen molar-refractivity contribution in [2.24, 2.45) is 7.05 Å². The Bertz CT molecular complexity index is 847. The summed E-state index contributed by atoms with van der Waals surface area (Å²) in [5, 5.41) is 8.55. The van der Waals surface area contributed by atoms with Crippen LogP contribution in [-0.2, 0) is 13.6 Å². The van der Waals surface area contributed by atoms with Crippen LogP contribution in [0.3, 0.4) is 0 Å². The monoisotopic (exact) mass is 298 g/mol. The molecule has 0 N–H and O–H groups in total. The number of amides is 1. The van der Waals surface area contributed by atoms with Crippen LogP contribution in [0.1, 0.15) is 27.4 Å². The average molecular weight is 298 g/mol. The van der Waals surface area contributed by atoms with Crippen LogP contribution >= 0.6 is 0 Å². The van der Waals surface area contributed by atoms with Crippen molar-refractivity contribution in [1.82, 2.24) is 29.3 Å². The maximum Gasteiger partial charge on any atom is 0.259 e. The Morgan fingerprint density at radius 3 is 2.82 bits per heavy atom. The summed E-state index contributed by atoms with van der Waals surface area (Å²) in [6, 6.07) is 3.83. The SMILES string of the molecule is Cc1cc(C)n2ncc(C(=O)N(C)Cc3ccn(C)n3)c2n1. The number of carbonyl (C=O) groups is 1. The van der Waals surface area contributed by atoms with E-state index in [4.69, 9.17) is 0 Å². The summed E-state index contributed by atoms with van der Waals surface area (Å²) in [5.41, 5.74) is 3.76. The molecule has 0 aromatic carbocycles. The smallest absolute Gasteiger partial charge is 0.259 e. The van der Waals surface area contributed by atoms with Gasteiger partial charge in [-0.1, -0.05) is 0 Å². The van der Waals surface area contributed by atoms with Crippen LogP contribution in [0.2, 0.25) is 0 Å². The fourth-order valence-corrected chi connectivity index (χ4v) is 2.49. The van der Waals surface area contributed by atoms with Gasteiger partial charge in [-0.25, -0.2) is 9.50 Å². The molecular formula is C15H18N6O. The molecule has 0 bridgehead atoms. The first-order chi connectivity index (χ1) is 10.5. The van der Waals surface area contributed by atoms with Gasteiger partial charge in [0.2, 0.25) is 0 Å². The van der Waals surface area contributed by atoms with Gasteiger partial charge in [0, 0.05) is 31.7 Å². The first-order valence-corrected chi connectivity index (χ1v) is 7.01. The summed E-state index contributed by atoms with van der Waals surface area (Å²) < 4.78 is 3.41. The highest BCUT2D eigenvalue weighted by Gasteiger charge is 2.19. The van der Waals surface area contributed by atoms with Crippen LogP contribution in [0, 0.1) is 13.8 Å². The molecule has 0 radical (unpaired) electrons. The van der Waals surface area contributed by atoms with Gasteiger partial charge in [0.1, 0.15) is 5.56 Å². The van der Waals surface area contributed by atoms with E-state index in [9.17, 15) is 4.79 Å². The van der Waals surface area contributed by atoms with Gasteiger partial charge >= 0.3 is 0 Å². The second-order valence-corrected chi connectivity index (χ2v) is 5.47. The zero-order valence-electron chi connectivity index (χ0n) is 13.1. The Morgan fingerprint density at radius 1 is 1.36 bits per heavy atom. The molecule has 1 amide bonds. The van der Waals surface area contributed by atoms with Crippen LogP contribution in [0.5, 0.6) is 0 Å². The predicted molar refractivity (Wildman–Crippen MR) is 81.5 cm³/mol. The molecule has 0 spiro atoms. The highest BCUT2D eigenvalue weighted by atomic mass is 16.2. The molecule has 0 saturated carbocycles. The number of hydrogen-bond donors (Lipinski definition) is 0. The molecule has 3 aromatic heterocycles. The number of carbonyl (C=O) groups excluding carboxylic acids is 1. The van der Waals surface area contributed by atoms with Crippen LogP contribution in [0.15, 0.2) is 24.5 Å². The molecule has 7 heteroatoms. The van der Waals surface area contributed by atoms with E-state index in [-0.39, 0.29) is 5.91 Å². The number of aromatic nitrogens is 5. The molecule has 0 saturated heterocycles. The fraction of sp³-hybridized carbons (Fsp3) is 0.333. The van der Waals surface area contributed by atoms with E-state index >= 15 is 0 Å². The molecule has 0 atom stereocenters. The summed E-state index contributed by atoms with van der Waals surface area (Å²) >= 11 is 0. The van der Waals surface area contributed by atoms with Crippen molar-refractivity contribution in [3.05, 3.63) is 47.2 Å². The number of nitrogens with zero attached hydrogens (tertiary/aromatic N) is 6. The molecule has 7 nitrogen and oxygen atoms in total. The molecule has 0 aliphatic rings. The Hall–Kier alpha value is -2.70. The minimum Gasteiger partial charge on any atom is -0.336 e. The number of hydrogen-bond acceptors (Lipinski definition) is 4. The van der Waals surface area contributed by atoms with Crippen LogP contribution in [0.25, 0.3) is 5.65 Å². The largest absolute Gasteiger partial charge is 0.336 e. The minimum atomic E-state index is -0.113. The highest BCUT2D eigenvalue weighted by Crippen LogP contribution is 2.14. The Morgan fingerprint density at radius 2 is 2.14 bits per heavy atom. The number of aryl methyl sites for hydroxylation is 3. The van der Waals surface area contributed by atoms with Crippen molar-refractivity contribution in [3.8, 4) is 0 Å². The average Bonchev–Trinajstić information content (AvgIpc) is 3.04. The first kappa shape index (κ1) is 14.2. The topological polar surface area (TPSA) is 68.3 Å². The summed E-state index contributed by atoms with van der Waals surface area (Å²) in [5.74, 6) is -0.113. The lowest BCUT2D eigenvalue weighted by molar-refractivity contribution is 0.0785. The molecule has 22 heavy (non-hydrogen) atoms. The molecular weight excluding hydrogens is 280 g/mol. The van der Waals surface area contributed by atoms with Gasteiger partial charge in [0.05, 0.1) is 18.4 Å². The van der Waals surface area contributed by atoms with E-state index in [2.05, 4.69) is 15.2 Å². The zero-order chi connectivity index (χ0) is 15.9. The van der Waals surface area contributed by atoms with Crippen LogP contribution in [0.4, 0.5) is 0 Å². The van der Waals surface area contributed by atoms with Gasteiger partial charge in [-0.3, -0.25) is 9.48 Å². The van der Waals surface area contributed by atoms with E-state index < -0.39 is 0 Å². The van der Waals surface area contributed by atoms with Gasteiger partial charge in [-0.15, -0.1) is 0 Å². The predicted octanol–water partition coefficient (Wildman–Crippen LogP) is 1.35. The van der Waals surface area contributed by atoms with E-state index in [0.717, 1.165) is 17.1 Å². The Labute approximate surface area is 128 Å². The zero-order valence-corrected chi connectivity index (χ0v) is 13.1. The lowest BCUT2D eigenvalue weighted by Crippen LogP contribution is -2.26. The van der Waals surface area contributed by atoms with Crippen molar-refractivity contribution >= 4 is 11.6 Å². The van der Waals surface area contributed by atoms with Crippen molar-refractivity contribution in [1.29, 1.82) is 0 Å². The normalized spacial score (nSPS) is 11.1. The van der Waals surface area contributed by atoms with Crippen LogP contribution in [-0.4, -0.2) is 42.2 Å². The molecule has 0 unspecified atom stereocenters. The van der Waals surface area contributed by atoms with E-state index in [1.54, 1.807) is 27.3 Å². The molecule has 0 aliphatic heterocycles. The second kappa shape index (κ2) is 5.25. The van der Waals surface area contributed by atoms with E-state index in [1.807, 2.05) is 39.2 Å². The highest BCUT2D eigenvalue weighted by molar-refractivity contribution is 5.99. The molecule has 0 fully saturated rings. The Kier molecular flexibility index (Phi) is 3.40. The molecule has 114 valence electrons. The summed E-state index contributed by atoms with van der Waals surface area (Å²) in [7, 11) is 3.61. The van der Waals surface area contributed by atoms with Crippen molar-refractivity contribution in [3.63, 3.8) is 0 Å². The van der Waals surface area contributed by atoms with Gasteiger partial charge in [-0.05, 0) is 26.0 Å². The quantitative estimate of drug-likeness (QED) is 0.732. The van der Waals surface area contributed by atoms with Crippen molar-refractivity contribution in [2.45, 2.75) is 20.4 Å². The first-order valence-electron chi connectivity index (χ1n) is 7.01.